The number of carbonyl (C=O) groups excluding carboxylic acids is 2. The molecule has 1 N–H and O–H groups in total. The van der Waals surface area contributed by atoms with Gasteiger partial charge in [0.2, 0.25) is 0 Å². The van der Waals surface area contributed by atoms with Gasteiger partial charge in [-0.3, -0.25) is 9.69 Å². The molecule has 1 aliphatic heterocycles. The first-order valence-electron chi connectivity index (χ1n) is 14.1. The van der Waals surface area contributed by atoms with Gasteiger partial charge in [-0.05, 0) is 64.1 Å². The molecule has 1 amide bonds. The van der Waals surface area contributed by atoms with Crippen LogP contribution in [0, 0.1) is 12.7 Å². The highest BCUT2D eigenvalue weighted by Crippen LogP contribution is 2.41. The first kappa shape index (κ1) is 30.1. The Hall–Kier alpha value is -4.37. The smallest absolute Gasteiger partial charge is 0.328 e. The minimum Gasteiger partial charge on any atom is -0.496 e. The largest absolute Gasteiger partial charge is 0.496 e. The van der Waals surface area contributed by atoms with Gasteiger partial charge in [-0.25, -0.2) is 18.0 Å². The van der Waals surface area contributed by atoms with E-state index in [4.69, 9.17) is 9.47 Å². The van der Waals surface area contributed by atoms with Gasteiger partial charge < -0.3 is 14.8 Å². The van der Waals surface area contributed by atoms with Crippen LogP contribution in [0.15, 0.2) is 66.7 Å². The Bertz CT molecular complexity index is 1650. The highest BCUT2D eigenvalue weighted by molar-refractivity contribution is 6.01. The number of alkyl halides is 2. The average molecular weight is 591 g/mol. The lowest BCUT2D eigenvalue weighted by Gasteiger charge is -2.31. The molecule has 0 aliphatic carbocycles. The van der Waals surface area contributed by atoms with Crippen molar-refractivity contribution in [3.63, 3.8) is 0 Å². The van der Waals surface area contributed by atoms with Gasteiger partial charge in [-0.15, -0.1) is 0 Å². The number of carbonyl (C=O) groups is 2. The molecular formula is C34H33F3N2O4. The summed E-state index contributed by atoms with van der Waals surface area (Å²) in [5.41, 5.74) is 4.84. The standard InChI is InChI=1S/C34H33F3N2O4/c1-20-7-4-12-27(35)31(20)33(40)38-28(34(41)43-3)17-22-8-5-10-24-23(22)9-6-11-25(24)32-26-18-39(19-30(36)37)16-15-21(26)13-14-29(32)42-2/h4-14,28,30H,15-19H2,1-3H3,(H,38,40)/t28-/m0/s1. The van der Waals surface area contributed by atoms with Crippen LogP contribution in [0.2, 0.25) is 0 Å². The maximum atomic E-state index is 14.5. The van der Waals surface area contributed by atoms with Crippen molar-refractivity contribution < 1.29 is 32.2 Å². The SMILES string of the molecule is COC(=O)[C@H](Cc1cccc2c(-c3c(OC)ccc4c3CN(CC(F)F)CC4)cccc12)NC(=O)c1c(C)cccc1F. The lowest BCUT2D eigenvalue weighted by molar-refractivity contribution is -0.142. The number of amides is 1. The minimum absolute atomic E-state index is 0.0961. The van der Waals surface area contributed by atoms with E-state index in [1.807, 2.05) is 48.5 Å². The highest BCUT2D eigenvalue weighted by atomic mass is 19.3. The van der Waals surface area contributed by atoms with Gasteiger partial charge in [-0.2, -0.15) is 0 Å². The van der Waals surface area contributed by atoms with E-state index in [0.717, 1.165) is 38.6 Å². The molecule has 0 radical (unpaired) electrons. The van der Waals surface area contributed by atoms with E-state index >= 15 is 0 Å². The van der Waals surface area contributed by atoms with Crippen LogP contribution < -0.4 is 10.1 Å². The molecule has 1 heterocycles. The number of rotatable bonds is 9. The second-order valence-electron chi connectivity index (χ2n) is 10.7. The third-order valence-corrected chi connectivity index (χ3v) is 8.01. The fourth-order valence-corrected chi connectivity index (χ4v) is 5.96. The molecule has 0 unspecified atom stereocenters. The molecule has 1 atom stereocenters. The number of nitrogens with zero attached hydrogens (tertiary/aromatic N) is 1. The van der Waals surface area contributed by atoms with E-state index in [0.29, 0.717) is 30.8 Å². The lowest BCUT2D eigenvalue weighted by Crippen LogP contribution is -2.43. The van der Waals surface area contributed by atoms with Gasteiger partial charge in [0, 0.05) is 25.1 Å². The summed E-state index contributed by atoms with van der Waals surface area (Å²) in [6, 6.07) is 18.7. The molecule has 4 aromatic carbocycles. The minimum atomic E-state index is -2.43. The molecule has 5 rings (SSSR count). The average Bonchev–Trinajstić information content (AvgIpc) is 2.99. The molecule has 0 saturated heterocycles. The Morgan fingerprint density at radius 3 is 2.44 bits per heavy atom. The van der Waals surface area contributed by atoms with Crippen LogP contribution in [-0.2, 0) is 28.9 Å². The number of halogens is 3. The van der Waals surface area contributed by atoms with E-state index < -0.39 is 30.2 Å². The Kier molecular flexibility index (Phi) is 9.01. The van der Waals surface area contributed by atoms with E-state index in [2.05, 4.69) is 5.32 Å². The number of ether oxygens (including phenoxy) is 2. The molecule has 0 spiro atoms. The zero-order valence-electron chi connectivity index (χ0n) is 24.3. The fourth-order valence-electron chi connectivity index (χ4n) is 5.96. The monoisotopic (exact) mass is 590 g/mol. The molecule has 4 aromatic rings. The van der Waals surface area contributed by atoms with Crippen LogP contribution in [0.4, 0.5) is 13.2 Å². The zero-order valence-corrected chi connectivity index (χ0v) is 24.3. The third kappa shape index (κ3) is 6.22. The van der Waals surface area contributed by atoms with Gasteiger partial charge in [0.05, 0.1) is 26.3 Å². The van der Waals surface area contributed by atoms with Gasteiger partial charge in [0.15, 0.2) is 0 Å². The molecule has 224 valence electrons. The van der Waals surface area contributed by atoms with Crippen molar-refractivity contribution in [1.29, 1.82) is 0 Å². The van der Waals surface area contributed by atoms with E-state index in [1.165, 1.54) is 19.2 Å². The number of hydrogen-bond donors (Lipinski definition) is 1. The number of esters is 1. The van der Waals surface area contributed by atoms with Gasteiger partial charge >= 0.3 is 5.97 Å². The molecule has 6 nitrogen and oxygen atoms in total. The molecule has 0 fully saturated rings. The van der Waals surface area contributed by atoms with E-state index in [-0.39, 0.29) is 18.5 Å². The maximum absolute atomic E-state index is 14.5. The molecule has 0 aromatic heterocycles. The van der Waals surface area contributed by atoms with Gasteiger partial charge in [0.1, 0.15) is 17.6 Å². The van der Waals surface area contributed by atoms with Crippen LogP contribution in [0.25, 0.3) is 21.9 Å². The van der Waals surface area contributed by atoms with Crippen LogP contribution >= 0.6 is 0 Å². The molecule has 9 heteroatoms. The fraction of sp³-hybridized carbons (Fsp3) is 0.294. The summed E-state index contributed by atoms with van der Waals surface area (Å²) < 4.78 is 51.8. The van der Waals surface area contributed by atoms with Crippen molar-refractivity contribution in [1.82, 2.24) is 10.2 Å². The topological polar surface area (TPSA) is 67.9 Å². The van der Waals surface area contributed by atoms with Gasteiger partial charge in [-0.1, -0.05) is 54.6 Å². The summed E-state index contributed by atoms with van der Waals surface area (Å²) >= 11 is 0. The predicted molar refractivity (Wildman–Crippen MR) is 159 cm³/mol. The molecule has 43 heavy (non-hydrogen) atoms. The summed E-state index contributed by atoms with van der Waals surface area (Å²) in [7, 11) is 2.82. The van der Waals surface area contributed by atoms with E-state index in [9.17, 15) is 22.8 Å². The zero-order chi connectivity index (χ0) is 30.7. The number of methoxy groups -OCH3 is 2. The summed E-state index contributed by atoms with van der Waals surface area (Å²) in [5.74, 6) is -1.41. The molecular weight excluding hydrogens is 557 g/mol. The van der Waals surface area contributed by atoms with E-state index in [1.54, 1.807) is 25.0 Å². The lowest BCUT2D eigenvalue weighted by atomic mass is 9.87. The molecule has 1 aliphatic rings. The number of nitrogens with one attached hydrogen (secondary N) is 1. The van der Waals surface area contributed by atoms with Crippen molar-refractivity contribution in [3.8, 4) is 16.9 Å². The Morgan fingerprint density at radius 2 is 1.72 bits per heavy atom. The van der Waals surface area contributed by atoms with Crippen molar-refractivity contribution in [2.45, 2.75) is 38.8 Å². The number of hydrogen-bond acceptors (Lipinski definition) is 5. The van der Waals surface area contributed by atoms with Crippen LogP contribution in [0.5, 0.6) is 5.75 Å². The van der Waals surface area contributed by atoms with Crippen molar-refractivity contribution in [2.75, 3.05) is 27.3 Å². The number of aryl methyl sites for hydroxylation is 1. The third-order valence-electron chi connectivity index (χ3n) is 8.01. The second-order valence-corrected chi connectivity index (χ2v) is 10.7. The van der Waals surface area contributed by atoms with Crippen LogP contribution in [-0.4, -0.2) is 56.6 Å². The molecule has 0 saturated carbocycles. The summed E-state index contributed by atoms with van der Waals surface area (Å²) in [6.45, 7) is 2.24. The summed E-state index contributed by atoms with van der Waals surface area (Å²) in [5, 5.41) is 4.38. The Balaban J connectivity index is 1.55. The maximum Gasteiger partial charge on any atom is 0.328 e. The number of benzene rings is 4. The number of fused-ring (bicyclic) bond motifs is 2. The normalized spacial score (nSPS) is 13.9. The first-order chi connectivity index (χ1) is 20.7. The van der Waals surface area contributed by atoms with Crippen LogP contribution in [0.3, 0.4) is 0 Å². The van der Waals surface area contributed by atoms with Crippen molar-refractivity contribution in [2.24, 2.45) is 0 Å². The van der Waals surface area contributed by atoms with Crippen LogP contribution in [0.1, 0.15) is 32.6 Å². The molecule has 0 bridgehead atoms. The predicted octanol–water partition coefficient (Wildman–Crippen LogP) is 6.10. The summed E-state index contributed by atoms with van der Waals surface area (Å²) in [4.78, 5) is 27.7. The van der Waals surface area contributed by atoms with Crippen molar-refractivity contribution >= 4 is 22.6 Å². The van der Waals surface area contributed by atoms with Crippen molar-refractivity contribution in [3.05, 3.63) is 100 Å². The quantitative estimate of drug-likeness (QED) is 0.239. The summed E-state index contributed by atoms with van der Waals surface area (Å²) in [6.07, 6.45) is -1.68. The highest BCUT2D eigenvalue weighted by Gasteiger charge is 2.27. The Morgan fingerprint density at radius 1 is 0.977 bits per heavy atom. The Labute approximate surface area is 248 Å². The first-order valence-corrected chi connectivity index (χ1v) is 14.1. The van der Waals surface area contributed by atoms with Gasteiger partial charge in [0.25, 0.3) is 12.3 Å². The second kappa shape index (κ2) is 12.9.